The molecule has 4 aliphatic rings. The van der Waals surface area contributed by atoms with E-state index in [1.807, 2.05) is 91.9 Å². The van der Waals surface area contributed by atoms with Crippen molar-refractivity contribution in [2.24, 2.45) is 0 Å². The number of carbonyl (C=O) groups excluding carboxylic acids is 4. The Bertz CT molecular complexity index is 4510. The van der Waals surface area contributed by atoms with Crippen LogP contribution in [0.1, 0.15) is 57.9 Å². The quantitative estimate of drug-likeness (QED) is 0.0232. The van der Waals surface area contributed by atoms with Crippen LogP contribution in [0.5, 0.6) is 0 Å². The predicted molar refractivity (Wildman–Crippen MR) is 472 cm³/mol. The van der Waals surface area contributed by atoms with E-state index in [9.17, 15) is 59.6 Å². The highest BCUT2D eigenvalue weighted by molar-refractivity contribution is 5.94. The van der Waals surface area contributed by atoms with Gasteiger partial charge < -0.3 is 26.2 Å². The molecule has 4 amide bonds. The van der Waals surface area contributed by atoms with E-state index in [0.29, 0.717) is 181 Å². The highest BCUT2D eigenvalue weighted by atomic mass is 16.6. The summed E-state index contributed by atoms with van der Waals surface area (Å²) in [6.07, 6.45) is 0.413. The lowest BCUT2D eigenvalue weighted by molar-refractivity contribution is -0.385. The number of likely N-dealkylation sites (N-methyl/N-ethyl adjacent to an activating group) is 1. The van der Waals surface area contributed by atoms with Crippen LogP contribution in [0.3, 0.4) is 0 Å². The summed E-state index contributed by atoms with van der Waals surface area (Å²) in [6.45, 7) is 22.6. The van der Waals surface area contributed by atoms with Crippen LogP contribution in [-0.2, 0) is 71.5 Å². The minimum absolute atomic E-state index is 0.0103. The van der Waals surface area contributed by atoms with E-state index in [1.54, 1.807) is 48.5 Å². The summed E-state index contributed by atoms with van der Waals surface area (Å²) in [5.41, 5.74) is 10.2. The molecule has 0 atom stereocenters. The summed E-state index contributed by atoms with van der Waals surface area (Å²) >= 11 is 0. The maximum Gasteiger partial charge on any atom is 0.269 e. The highest BCUT2D eigenvalue weighted by Gasteiger charge is 2.27. The molecule has 4 fully saturated rings. The van der Waals surface area contributed by atoms with E-state index >= 15 is 0 Å². The van der Waals surface area contributed by atoms with Gasteiger partial charge in [0, 0.05) is 287 Å². The first kappa shape index (κ1) is 90.0. The number of hydrogen-bond donors (Lipinski definition) is 4. The molecule has 32 nitrogen and oxygen atoms in total. The van der Waals surface area contributed by atoms with Crippen LogP contribution in [0.4, 0.5) is 45.5 Å². The van der Waals surface area contributed by atoms with E-state index in [1.165, 1.54) is 24.3 Å². The van der Waals surface area contributed by atoms with Crippen molar-refractivity contribution >= 4 is 69.1 Å². The Kier molecular flexibility index (Phi) is 33.6. The third-order valence-electron chi connectivity index (χ3n) is 22.9. The summed E-state index contributed by atoms with van der Waals surface area (Å²) < 4.78 is 0. The molecule has 0 radical (unpaired) electrons. The Hall–Kier alpha value is -11.2. The summed E-state index contributed by atoms with van der Waals surface area (Å²) in [5.74, 6) is -0.539. The standard InChI is InChI=1S/C90H114N20O12/c1-3-87(111)91-79-20-4-12-71(52-79)60-96-30-28-95(2)29-31-97(33-32-96)61-72-13-5-21-80(53-72)92-88(112)68-104-46-40-98(62-73-14-6-22-81(54-73)93-89(113)69-105-48-42-100(64-75-16-8-24-83(56-75)107(115)116)36-37-101(43-49-105)65-76-17-9-25-84(57-76)108(117)118)34-35-99(41-47-104)63-74-15-7-23-82(55-74)94-90(114)70-106-50-44-102(66-77-18-10-26-85(58-77)109(119)120)38-39-103(45-51-106)67-78-19-11-27-86(59-78)110(121)122/h4-27,52-59H,3,28-51,60-70H2,1-2H3,(H,91,111)(H,92,112)(H,93,113)(H,94,114). The molecule has 4 heterocycles. The van der Waals surface area contributed by atoms with Crippen molar-refractivity contribution in [3.63, 3.8) is 0 Å². The second kappa shape index (κ2) is 45.6. The number of hydrogen-bond acceptors (Lipinski definition) is 24. The molecule has 4 N–H and O–H groups in total. The Morgan fingerprint density at radius 3 is 0.623 bits per heavy atom. The van der Waals surface area contributed by atoms with E-state index in [0.717, 1.165) is 102 Å². The molecular weight excluding hydrogens is 1550 g/mol. The average molecular weight is 1670 g/mol. The Morgan fingerprint density at radius 1 is 0.254 bits per heavy atom. The molecule has 0 bridgehead atoms. The van der Waals surface area contributed by atoms with Gasteiger partial charge in [0.25, 0.3) is 22.7 Å². The molecule has 8 aromatic rings. The van der Waals surface area contributed by atoms with Crippen LogP contribution in [0.25, 0.3) is 0 Å². The molecule has 0 spiro atoms. The van der Waals surface area contributed by atoms with Gasteiger partial charge in [-0.25, -0.2) is 0 Å². The molecule has 122 heavy (non-hydrogen) atoms. The fourth-order valence-corrected chi connectivity index (χ4v) is 16.1. The molecule has 8 aromatic carbocycles. The van der Waals surface area contributed by atoms with Gasteiger partial charge in [-0.3, -0.25) is 114 Å². The zero-order chi connectivity index (χ0) is 85.7. The van der Waals surface area contributed by atoms with Gasteiger partial charge in [-0.2, -0.15) is 0 Å². The smallest absolute Gasteiger partial charge is 0.269 e. The summed E-state index contributed by atoms with van der Waals surface area (Å²) in [5, 5.41) is 59.7. The van der Waals surface area contributed by atoms with Crippen LogP contribution in [0.2, 0.25) is 0 Å². The van der Waals surface area contributed by atoms with Crippen LogP contribution >= 0.6 is 0 Å². The van der Waals surface area contributed by atoms with E-state index in [2.05, 4.69) is 124 Å². The number of anilines is 4. The number of nitro groups is 4. The lowest BCUT2D eigenvalue weighted by Gasteiger charge is -2.26. The number of rotatable bonds is 31. The normalized spacial score (nSPS) is 17.4. The van der Waals surface area contributed by atoms with Crippen LogP contribution in [0, 0.1) is 40.5 Å². The van der Waals surface area contributed by atoms with Crippen molar-refractivity contribution in [1.82, 2.24) is 58.8 Å². The number of nitrogens with zero attached hydrogens (tertiary/aromatic N) is 16. The third kappa shape index (κ3) is 29.5. The van der Waals surface area contributed by atoms with Crippen LogP contribution < -0.4 is 21.3 Å². The van der Waals surface area contributed by atoms with Gasteiger partial charge in [-0.1, -0.05) is 104 Å². The number of nitrogens with one attached hydrogen (secondary N) is 4. The first-order valence-electron chi connectivity index (χ1n) is 42.2. The van der Waals surface area contributed by atoms with Crippen molar-refractivity contribution in [3.05, 3.63) is 279 Å². The highest BCUT2D eigenvalue weighted by Crippen LogP contribution is 2.25. The SMILES string of the molecule is CCC(=O)Nc1cccc(CN2CCN(C)CCN(Cc3cccc(NC(=O)CN4CCN(Cc5cccc(NC(=O)CN6CCN(Cc7cccc([N+](=O)[O-])c7)CCN(Cc7cccc([N+](=O)[O-])c7)CC6)c5)CCN(Cc5cccc(NC(=O)CN6CCN(Cc7cccc([N+](=O)[O-])c7)CCN(Cc7cccc([N+](=O)[O-])c7)CC6)c5)CC4)c3)CC2)c1. The van der Waals surface area contributed by atoms with Gasteiger partial charge in [0.05, 0.1) is 39.3 Å². The first-order valence-corrected chi connectivity index (χ1v) is 42.2. The number of amides is 4. The zero-order valence-corrected chi connectivity index (χ0v) is 70.0. The molecule has 0 aromatic heterocycles. The number of benzene rings is 8. The van der Waals surface area contributed by atoms with Gasteiger partial charge in [-0.05, 0) is 100 Å². The average Bonchev–Trinajstić information content (AvgIpc) is 1.60. The molecule has 32 heteroatoms. The van der Waals surface area contributed by atoms with Crippen molar-refractivity contribution < 1.29 is 38.9 Å². The topological polar surface area (TPSA) is 328 Å². The van der Waals surface area contributed by atoms with Gasteiger partial charge in [0.1, 0.15) is 0 Å². The molecule has 0 unspecified atom stereocenters. The number of non-ortho nitro benzene ring substituents is 4. The maximum atomic E-state index is 14.5. The zero-order valence-electron chi connectivity index (χ0n) is 70.0. The van der Waals surface area contributed by atoms with Crippen LogP contribution in [0.15, 0.2) is 194 Å². The predicted octanol–water partition coefficient (Wildman–Crippen LogP) is 9.69. The molecule has 4 aliphatic heterocycles. The lowest BCUT2D eigenvalue weighted by atomic mass is 10.1. The molecule has 646 valence electrons. The largest absolute Gasteiger partial charge is 0.326 e. The minimum Gasteiger partial charge on any atom is -0.326 e. The second-order valence-corrected chi connectivity index (χ2v) is 32.4. The van der Waals surface area contributed by atoms with E-state index < -0.39 is 19.7 Å². The second-order valence-electron chi connectivity index (χ2n) is 32.4. The number of carbonyl (C=O) groups is 4. The van der Waals surface area contributed by atoms with Crippen molar-refractivity contribution in [2.75, 3.05) is 205 Å². The van der Waals surface area contributed by atoms with Gasteiger partial charge in [0.15, 0.2) is 0 Å². The van der Waals surface area contributed by atoms with Crippen molar-refractivity contribution in [1.29, 1.82) is 0 Å². The van der Waals surface area contributed by atoms with Gasteiger partial charge >= 0.3 is 0 Å². The Labute approximate surface area is 713 Å². The Balaban J connectivity index is 0.714. The third-order valence-corrected chi connectivity index (χ3v) is 22.9. The molecule has 12 rings (SSSR count). The maximum absolute atomic E-state index is 14.5. The van der Waals surface area contributed by atoms with Crippen molar-refractivity contribution in [2.45, 2.75) is 65.7 Å². The summed E-state index contributed by atoms with van der Waals surface area (Å²) in [7, 11) is 2.16. The van der Waals surface area contributed by atoms with Gasteiger partial charge in [0.2, 0.25) is 23.6 Å². The Morgan fingerprint density at radius 2 is 0.426 bits per heavy atom. The first-order chi connectivity index (χ1) is 59.1. The van der Waals surface area contributed by atoms with E-state index in [4.69, 9.17) is 0 Å². The van der Waals surface area contributed by atoms with Crippen LogP contribution in [-0.4, -0.2) is 286 Å². The molecule has 4 saturated heterocycles. The monoisotopic (exact) mass is 1670 g/mol. The summed E-state index contributed by atoms with van der Waals surface area (Å²) in [4.78, 5) is 128. The minimum atomic E-state index is -0.400. The van der Waals surface area contributed by atoms with E-state index in [-0.39, 0.29) is 66.0 Å². The molecule has 0 aliphatic carbocycles. The van der Waals surface area contributed by atoms with Crippen molar-refractivity contribution in [3.8, 4) is 0 Å². The fraction of sp³-hybridized carbons (Fsp3) is 0.422. The molecular formula is C90H114N20O12. The molecule has 0 saturated carbocycles. The summed E-state index contributed by atoms with van der Waals surface area (Å²) in [6, 6.07) is 58.5. The lowest BCUT2D eigenvalue weighted by Crippen LogP contribution is -2.40. The number of nitro benzene ring substituents is 4. The fourth-order valence-electron chi connectivity index (χ4n) is 16.1. The van der Waals surface area contributed by atoms with Gasteiger partial charge in [-0.15, -0.1) is 0 Å².